The standard InChI is InChI=1S/C23H21N3O2/c27-22-18-14-19-21(11-13-26(23(19)28)17-8-4-5-9-17)24-20(18)10-12-25(22)15-16-6-2-1-3-7-16/h1-3,6-7,10-14,17H,4-5,8-9,15H2. The van der Waals surface area contributed by atoms with Crippen molar-refractivity contribution in [3.63, 3.8) is 0 Å². The number of aromatic nitrogens is 3. The Morgan fingerprint density at radius 3 is 2.29 bits per heavy atom. The maximum atomic E-state index is 13.1. The Morgan fingerprint density at radius 2 is 1.54 bits per heavy atom. The molecular formula is C23H21N3O2. The lowest BCUT2D eigenvalue weighted by Gasteiger charge is -2.14. The second-order valence-corrected chi connectivity index (χ2v) is 7.55. The van der Waals surface area contributed by atoms with Crippen LogP contribution in [0.1, 0.15) is 37.3 Å². The molecule has 3 aromatic heterocycles. The van der Waals surface area contributed by atoms with Gasteiger partial charge in [0.25, 0.3) is 11.1 Å². The Kier molecular flexibility index (Phi) is 4.08. The lowest BCUT2D eigenvalue weighted by Crippen LogP contribution is -2.24. The number of hydrogen-bond acceptors (Lipinski definition) is 3. The average Bonchev–Trinajstić information content (AvgIpc) is 3.25. The summed E-state index contributed by atoms with van der Waals surface area (Å²) in [5.41, 5.74) is 2.16. The van der Waals surface area contributed by atoms with Crippen LogP contribution in [0.2, 0.25) is 0 Å². The maximum absolute atomic E-state index is 13.1. The Morgan fingerprint density at radius 1 is 0.857 bits per heavy atom. The minimum absolute atomic E-state index is 0.0448. The van der Waals surface area contributed by atoms with Gasteiger partial charge in [-0.1, -0.05) is 43.2 Å². The number of pyridine rings is 3. The van der Waals surface area contributed by atoms with Gasteiger partial charge in [0.05, 0.1) is 28.4 Å². The molecule has 0 aliphatic heterocycles. The largest absolute Gasteiger partial charge is 0.312 e. The quantitative estimate of drug-likeness (QED) is 0.514. The molecular weight excluding hydrogens is 350 g/mol. The van der Waals surface area contributed by atoms with Crippen LogP contribution in [-0.2, 0) is 6.54 Å². The second kappa shape index (κ2) is 6.75. The summed E-state index contributed by atoms with van der Waals surface area (Å²) in [6.45, 7) is 0.495. The Labute approximate surface area is 161 Å². The van der Waals surface area contributed by atoms with Gasteiger partial charge in [0.1, 0.15) is 0 Å². The monoisotopic (exact) mass is 371 g/mol. The van der Waals surface area contributed by atoms with Gasteiger partial charge < -0.3 is 9.13 Å². The lowest BCUT2D eigenvalue weighted by atomic mass is 10.1. The predicted molar refractivity (Wildman–Crippen MR) is 111 cm³/mol. The van der Waals surface area contributed by atoms with Crippen LogP contribution in [0, 0.1) is 0 Å². The van der Waals surface area contributed by atoms with E-state index in [0.717, 1.165) is 31.2 Å². The number of nitrogens with zero attached hydrogens (tertiary/aromatic N) is 3. The first-order valence-corrected chi connectivity index (χ1v) is 9.80. The van der Waals surface area contributed by atoms with Crippen molar-refractivity contribution in [1.82, 2.24) is 14.1 Å². The highest BCUT2D eigenvalue weighted by atomic mass is 16.1. The fraction of sp³-hybridized carbons (Fsp3) is 0.261. The Hall–Kier alpha value is -3.21. The molecule has 0 radical (unpaired) electrons. The van der Waals surface area contributed by atoms with Crippen molar-refractivity contribution in [3.05, 3.63) is 87.2 Å². The van der Waals surface area contributed by atoms with Crippen LogP contribution < -0.4 is 11.1 Å². The third-order valence-electron chi connectivity index (χ3n) is 5.76. The van der Waals surface area contributed by atoms with Gasteiger partial charge in [-0.05, 0) is 36.6 Å². The maximum Gasteiger partial charge on any atom is 0.260 e. The van der Waals surface area contributed by atoms with Gasteiger partial charge in [0.2, 0.25) is 0 Å². The third kappa shape index (κ3) is 2.83. The predicted octanol–water partition coefficient (Wildman–Crippen LogP) is 3.87. The topological polar surface area (TPSA) is 56.9 Å². The number of rotatable bonds is 3. The Balaban J connectivity index is 1.66. The molecule has 1 aromatic carbocycles. The third-order valence-corrected chi connectivity index (χ3v) is 5.76. The molecule has 1 aliphatic carbocycles. The summed E-state index contributed by atoms with van der Waals surface area (Å²) in [5.74, 6) is 0. The summed E-state index contributed by atoms with van der Waals surface area (Å²) >= 11 is 0. The van der Waals surface area contributed by atoms with Gasteiger partial charge in [-0.2, -0.15) is 0 Å². The van der Waals surface area contributed by atoms with Gasteiger partial charge in [0, 0.05) is 18.4 Å². The fourth-order valence-electron chi connectivity index (χ4n) is 4.25. The molecule has 0 atom stereocenters. The molecule has 0 N–H and O–H groups in total. The highest BCUT2D eigenvalue weighted by molar-refractivity contribution is 5.91. The van der Waals surface area contributed by atoms with Crippen molar-refractivity contribution in [2.24, 2.45) is 0 Å². The van der Waals surface area contributed by atoms with Crippen molar-refractivity contribution >= 4 is 21.8 Å². The molecule has 0 saturated heterocycles. The second-order valence-electron chi connectivity index (χ2n) is 7.55. The van der Waals surface area contributed by atoms with Crippen LogP contribution >= 0.6 is 0 Å². The van der Waals surface area contributed by atoms with E-state index in [1.54, 1.807) is 16.8 Å². The molecule has 28 heavy (non-hydrogen) atoms. The average molecular weight is 371 g/mol. The summed E-state index contributed by atoms with van der Waals surface area (Å²) in [4.78, 5) is 30.7. The molecule has 1 aliphatic rings. The van der Waals surface area contributed by atoms with E-state index in [2.05, 4.69) is 4.98 Å². The molecule has 140 valence electrons. The minimum Gasteiger partial charge on any atom is -0.312 e. The molecule has 5 rings (SSSR count). The molecule has 5 nitrogen and oxygen atoms in total. The van der Waals surface area contributed by atoms with Crippen molar-refractivity contribution in [2.75, 3.05) is 0 Å². The molecule has 0 unspecified atom stereocenters. The first-order chi connectivity index (χ1) is 13.7. The van der Waals surface area contributed by atoms with Gasteiger partial charge in [-0.25, -0.2) is 4.98 Å². The number of benzene rings is 1. The van der Waals surface area contributed by atoms with Crippen LogP contribution in [0.4, 0.5) is 0 Å². The molecule has 1 fully saturated rings. The van der Waals surface area contributed by atoms with Crippen molar-refractivity contribution in [2.45, 2.75) is 38.3 Å². The van der Waals surface area contributed by atoms with Crippen molar-refractivity contribution in [3.8, 4) is 0 Å². The van der Waals surface area contributed by atoms with Crippen LogP contribution in [0.15, 0.2) is 70.5 Å². The fourth-order valence-corrected chi connectivity index (χ4v) is 4.25. The SMILES string of the molecule is O=c1c2cc3c(=O)n(C4CCCC4)ccc3nc2ccn1Cc1ccccc1. The molecule has 0 bridgehead atoms. The summed E-state index contributed by atoms with van der Waals surface area (Å²) in [7, 11) is 0. The molecule has 5 heteroatoms. The zero-order valence-electron chi connectivity index (χ0n) is 15.5. The van der Waals surface area contributed by atoms with E-state index in [1.807, 2.05) is 53.2 Å². The molecule has 3 heterocycles. The highest BCUT2D eigenvalue weighted by Gasteiger charge is 2.19. The summed E-state index contributed by atoms with van der Waals surface area (Å²) in [6.07, 6.45) is 8.03. The van der Waals surface area contributed by atoms with Gasteiger partial charge in [-0.3, -0.25) is 9.59 Å². The number of fused-ring (bicyclic) bond motifs is 2. The first kappa shape index (κ1) is 16.9. The van der Waals surface area contributed by atoms with E-state index >= 15 is 0 Å². The molecule has 1 saturated carbocycles. The van der Waals surface area contributed by atoms with E-state index in [-0.39, 0.29) is 17.2 Å². The first-order valence-electron chi connectivity index (χ1n) is 9.80. The van der Waals surface area contributed by atoms with Gasteiger partial charge >= 0.3 is 0 Å². The van der Waals surface area contributed by atoms with Crippen LogP contribution in [0.3, 0.4) is 0 Å². The van der Waals surface area contributed by atoms with E-state index in [0.29, 0.717) is 28.4 Å². The minimum atomic E-state index is -0.119. The van der Waals surface area contributed by atoms with Crippen molar-refractivity contribution < 1.29 is 0 Å². The van der Waals surface area contributed by atoms with E-state index in [9.17, 15) is 9.59 Å². The lowest BCUT2D eigenvalue weighted by molar-refractivity contribution is 0.505. The van der Waals surface area contributed by atoms with Gasteiger partial charge in [-0.15, -0.1) is 0 Å². The number of hydrogen-bond donors (Lipinski definition) is 0. The molecule has 0 amide bonds. The highest BCUT2D eigenvalue weighted by Crippen LogP contribution is 2.28. The van der Waals surface area contributed by atoms with Gasteiger partial charge in [0.15, 0.2) is 0 Å². The summed E-state index contributed by atoms with van der Waals surface area (Å²) < 4.78 is 3.50. The molecule has 4 aromatic rings. The summed E-state index contributed by atoms with van der Waals surface area (Å²) in [6, 6.07) is 15.6. The Bertz CT molecular complexity index is 1280. The van der Waals surface area contributed by atoms with Crippen LogP contribution in [-0.4, -0.2) is 14.1 Å². The van der Waals surface area contributed by atoms with Crippen molar-refractivity contribution in [1.29, 1.82) is 0 Å². The van der Waals surface area contributed by atoms with E-state index in [4.69, 9.17) is 0 Å². The van der Waals surface area contributed by atoms with E-state index < -0.39 is 0 Å². The smallest absolute Gasteiger partial charge is 0.260 e. The van der Waals surface area contributed by atoms with E-state index in [1.165, 1.54) is 0 Å². The van der Waals surface area contributed by atoms with Crippen LogP contribution in [0.25, 0.3) is 21.8 Å². The van der Waals surface area contributed by atoms with Crippen LogP contribution in [0.5, 0.6) is 0 Å². The zero-order chi connectivity index (χ0) is 19.1. The summed E-state index contributed by atoms with van der Waals surface area (Å²) in [5, 5.41) is 1.02. The molecule has 0 spiro atoms. The normalized spacial score (nSPS) is 14.9. The zero-order valence-corrected chi connectivity index (χ0v) is 15.5.